The molecule has 0 radical (unpaired) electrons. The highest BCUT2D eigenvalue weighted by molar-refractivity contribution is 5.95. The van der Waals surface area contributed by atoms with Crippen molar-refractivity contribution in [1.29, 1.82) is 0 Å². The zero-order chi connectivity index (χ0) is 21.0. The van der Waals surface area contributed by atoms with E-state index in [0.29, 0.717) is 5.92 Å². The van der Waals surface area contributed by atoms with Crippen molar-refractivity contribution in [3.8, 4) is 0 Å². The van der Waals surface area contributed by atoms with Crippen LogP contribution in [-0.4, -0.2) is 38.1 Å². The van der Waals surface area contributed by atoms with Gasteiger partial charge in [-0.3, -0.25) is 4.79 Å². The number of carbonyl (C=O) groups excluding carboxylic acids is 1. The molecule has 0 spiro atoms. The second-order valence-electron chi connectivity index (χ2n) is 8.92. The number of anilines is 1. The zero-order valence-electron chi connectivity index (χ0n) is 18.6. The van der Waals surface area contributed by atoms with E-state index in [1.54, 1.807) is 4.90 Å². The normalized spacial score (nSPS) is 20.5. The smallest absolute Gasteiger partial charge is 0.282 e. The number of benzene rings is 2. The fourth-order valence-electron chi connectivity index (χ4n) is 4.37. The maximum Gasteiger partial charge on any atom is 0.282 e. The third-order valence-electron chi connectivity index (χ3n) is 6.48. The summed E-state index contributed by atoms with van der Waals surface area (Å²) in [5.41, 5.74) is 6.18. The van der Waals surface area contributed by atoms with Gasteiger partial charge in [0, 0.05) is 11.3 Å². The molecule has 0 unspecified atom stereocenters. The van der Waals surface area contributed by atoms with Crippen LogP contribution in [-0.2, 0) is 11.3 Å². The highest BCUT2D eigenvalue weighted by Gasteiger charge is 2.31. The molecule has 0 saturated carbocycles. The molecule has 1 heterocycles. The van der Waals surface area contributed by atoms with E-state index in [2.05, 4.69) is 82.4 Å². The first-order valence-electron chi connectivity index (χ1n) is 11.0. The van der Waals surface area contributed by atoms with E-state index in [4.69, 9.17) is 0 Å². The second kappa shape index (κ2) is 9.55. The molecule has 1 atom stereocenters. The summed E-state index contributed by atoms with van der Waals surface area (Å²) in [6.45, 7) is 16.1. The van der Waals surface area contributed by atoms with E-state index in [1.165, 1.54) is 21.6 Å². The van der Waals surface area contributed by atoms with Gasteiger partial charge in [0.1, 0.15) is 32.7 Å². The Morgan fingerprint density at radius 3 is 2.24 bits per heavy atom. The highest BCUT2D eigenvalue weighted by atomic mass is 16.2. The van der Waals surface area contributed by atoms with Crippen molar-refractivity contribution in [3.05, 3.63) is 64.7 Å². The second-order valence-corrected chi connectivity index (χ2v) is 8.92. The van der Waals surface area contributed by atoms with E-state index >= 15 is 0 Å². The van der Waals surface area contributed by atoms with Crippen LogP contribution in [0.25, 0.3) is 0 Å². The third kappa shape index (κ3) is 5.26. The van der Waals surface area contributed by atoms with Crippen LogP contribution < -0.4 is 15.1 Å². The van der Waals surface area contributed by atoms with Gasteiger partial charge in [0.15, 0.2) is 6.04 Å². The average molecular weight is 396 g/mol. The largest absolute Gasteiger partial charge is 0.322 e. The molecule has 1 aliphatic rings. The molecule has 4 heteroatoms. The summed E-state index contributed by atoms with van der Waals surface area (Å²) in [4.78, 5) is 16.0. The van der Waals surface area contributed by atoms with E-state index in [-0.39, 0.29) is 11.9 Å². The van der Waals surface area contributed by atoms with Crippen LogP contribution >= 0.6 is 0 Å². The van der Waals surface area contributed by atoms with Gasteiger partial charge < -0.3 is 15.1 Å². The van der Waals surface area contributed by atoms with Crippen molar-refractivity contribution in [2.45, 2.75) is 53.1 Å². The Labute approximate surface area is 175 Å². The summed E-state index contributed by atoms with van der Waals surface area (Å²) < 4.78 is 0. The Hall–Kier alpha value is -2.17. The lowest BCUT2D eigenvalue weighted by molar-refractivity contribution is -1.02. The summed E-state index contributed by atoms with van der Waals surface area (Å²) in [7, 11) is 0. The lowest BCUT2D eigenvalue weighted by atomic mass is 9.98. The molecular weight excluding hydrogens is 358 g/mol. The summed E-state index contributed by atoms with van der Waals surface area (Å²) in [5, 5.41) is 3.25. The van der Waals surface area contributed by atoms with Crippen LogP contribution in [0.15, 0.2) is 42.5 Å². The summed E-state index contributed by atoms with van der Waals surface area (Å²) in [6.07, 6.45) is 0. The number of aryl methyl sites for hydroxylation is 2. The predicted molar refractivity (Wildman–Crippen MR) is 120 cm³/mol. The van der Waals surface area contributed by atoms with Crippen LogP contribution in [0.1, 0.15) is 48.9 Å². The van der Waals surface area contributed by atoms with Gasteiger partial charge >= 0.3 is 0 Å². The maximum absolute atomic E-state index is 13.0. The van der Waals surface area contributed by atoms with E-state index in [0.717, 1.165) is 44.0 Å². The van der Waals surface area contributed by atoms with Gasteiger partial charge in [0.25, 0.3) is 5.91 Å². The zero-order valence-corrected chi connectivity index (χ0v) is 18.6. The number of hydrogen-bond donors (Lipinski definition) is 3. The first-order valence-corrected chi connectivity index (χ1v) is 11.0. The van der Waals surface area contributed by atoms with E-state index in [9.17, 15) is 4.79 Å². The lowest BCUT2D eigenvalue weighted by Gasteiger charge is -2.33. The quantitative estimate of drug-likeness (QED) is 0.685. The van der Waals surface area contributed by atoms with E-state index in [1.807, 2.05) is 0 Å². The van der Waals surface area contributed by atoms with Gasteiger partial charge in [-0.25, -0.2) is 0 Å². The molecule has 4 nitrogen and oxygen atoms in total. The number of hydrogen-bond acceptors (Lipinski definition) is 1. The molecule has 3 N–H and O–H groups in total. The molecule has 1 amide bonds. The summed E-state index contributed by atoms with van der Waals surface area (Å²) in [6, 6.07) is 14.9. The fraction of sp³-hybridized carbons (Fsp3) is 0.480. The summed E-state index contributed by atoms with van der Waals surface area (Å²) in [5.74, 6) is 0.528. The maximum atomic E-state index is 13.0. The average Bonchev–Trinajstić information content (AvgIpc) is 2.71. The van der Waals surface area contributed by atoms with E-state index < -0.39 is 0 Å². The van der Waals surface area contributed by atoms with Crippen molar-refractivity contribution < 1.29 is 14.6 Å². The molecule has 0 aliphatic carbocycles. The number of rotatable bonds is 6. The Morgan fingerprint density at radius 2 is 1.59 bits per heavy atom. The third-order valence-corrected chi connectivity index (χ3v) is 6.48. The Kier molecular flexibility index (Phi) is 7.09. The number of nitrogens with one attached hydrogen (secondary N) is 3. The van der Waals surface area contributed by atoms with Crippen molar-refractivity contribution in [2.75, 3.05) is 31.5 Å². The molecule has 1 fully saturated rings. The molecule has 2 aromatic carbocycles. The van der Waals surface area contributed by atoms with Gasteiger partial charge in [-0.15, -0.1) is 0 Å². The molecule has 0 aromatic heterocycles. The van der Waals surface area contributed by atoms with Crippen LogP contribution in [0.3, 0.4) is 0 Å². The number of carbonyl (C=O) groups is 1. The molecule has 1 aliphatic heterocycles. The molecular formula is C25H37N3O+2. The Morgan fingerprint density at radius 1 is 0.931 bits per heavy atom. The highest BCUT2D eigenvalue weighted by Crippen LogP contribution is 2.27. The van der Waals surface area contributed by atoms with Crippen LogP contribution in [0.5, 0.6) is 0 Å². The number of piperazine rings is 1. The standard InChI is InChI=1S/C25H35N3O/c1-18(2)23-12-8-10-20(4)24(23)26-25(29)21(5)28-15-13-27(14-16-28)17-22-11-7-6-9-19(22)3/h6-12,18,21H,13-17H2,1-5H3,(H,26,29)/p+2/t21-/m0/s1. The number of quaternary nitrogens is 2. The molecule has 156 valence electrons. The summed E-state index contributed by atoms with van der Waals surface area (Å²) >= 11 is 0. The minimum absolute atomic E-state index is 0.0328. The lowest BCUT2D eigenvalue weighted by Crippen LogP contribution is -3.29. The van der Waals surface area contributed by atoms with Gasteiger partial charge in [-0.1, -0.05) is 56.3 Å². The van der Waals surface area contributed by atoms with Gasteiger partial charge in [0.2, 0.25) is 0 Å². The fourth-order valence-corrected chi connectivity index (χ4v) is 4.37. The topological polar surface area (TPSA) is 38.0 Å². The number of para-hydroxylation sites is 1. The molecule has 3 rings (SSSR count). The van der Waals surface area contributed by atoms with Crippen LogP contribution in [0.2, 0.25) is 0 Å². The first-order chi connectivity index (χ1) is 13.9. The minimum atomic E-state index is -0.0328. The van der Waals surface area contributed by atoms with Crippen molar-refractivity contribution in [3.63, 3.8) is 0 Å². The predicted octanol–water partition coefficient (Wildman–Crippen LogP) is 1.74. The molecule has 2 aromatic rings. The minimum Gasteiger partial charge on any atom is -0.322 e. The first kappa shape index (κ1) is 21.5. The SMILES string of the molecule is Cc1ccccc1C[NH+]1CC[NH+]([C@@H](C)C(=O)Nc2c(C)cccc2C(C)C)CC1. The number of amides is 1. The van der Waals surface area contributed by atoms with Crippen molar-refractivity contribution >= 4 is 11.6 Å². The van der Waals surface area contributed by atoms with Gasteiger partial charge in [-0.05, 0) is 43.4 Å². The van der Waals surface area contributed by atoms with Crippen LogP contribution in [0, 0.1) is 13.8 Å². The van der Waals surface area contributed by atoms with Crippen molar-refractivity contribution in [2.24, 2.45) is 0 Å². The molecule has 29 heavy (non-hydrogen) atoms. The van der Waals surface area contributed by atoms with Crippen LogP contribution in [0.4, 0.5) is 5.69 Å². The monoisotopic (exact) mass is 395 g/mol. The molecule has 1 saturated heterocycles. The molecule has 0 bridgehead atoms. The van der Waals surface area contributed by atoms with Crippen molar-refractivity contribution in [1.82, 2.24) is 0 Å². The van der Waals surface area contributed by atoms with Gasteiger partial charge in [0.05, 0.1) is 0 Å². The Bertz CT molecular complexity index is 838. The Balaban J connectivity index is 1.58. The van der Waals surface area contributed by atoms with Gasteiger partial charge in [-0.2, -0.15) is 0 Å².